The Kier molecular flexibility index (Phi) is 2.90. The number of hydrogen-bond donors (Lipinski definition) is 1. The molecule has 0 saturated heterocycles. The molecule has 0 aliphatic heterocycles. The third-order valence-corrected chi connectivity index (χ3v) is 2.82. The van der Waals surface area contributed by atoms with Gasteiger partial charge in [0.25, 0.3) is 0 Å². The molecule has 0 aromatic rings. The van der Waals surface area contributed by atoms with Gasteiger partial charge >= 0.3 is 6.18 Å². The van der Waals surface area contributed by atoms with Gasteiger partial charge in [-0.25, -0.2) is 0 Å². The van der Waals surface area contributed by atoms with E-state index in [9.17, 15) is 18.3 Å². The Labute approximate surface area is 75.9 Å². The number of rotatable bonds is 2. The van der Waals surface area contributed by atoms with E-state index in [1.807, 2.05) is 6.92 Å². The van der Waals surface area contributed by atoms with E-state index in [4.69, 9.17) is 0 Å². The quantitative estimate of drug-likeness (QED) is 0.720. The van der Waals surface area contributed by atoms with Crippen molar-refractivity contribution in [2.45, 2.75) is 50.8 Å². The van der Waals surface area contributed by atoms with Crippen LogP contribution >= 0.6 is 0 Å². The lowest BCUT2D eigenvalue weighted by molar-refractivity contribution is -0.258. The molecule has 0 amide bonds. The maximum atomic E-state index is 12.3. The summed E-state index contributed by atoms with van der Waals surface area (Å²) in [7, 11) is 0. The van der Waals surface area contributed by atoms with Crippen molar-refractivity contribution in [2.24, 2.45) is 5.92 Å². The first-order chi connectivity index (χ1) is 5.89. The van der Waals surface area contributed by atoms with Crippen LogP contribution in [-0.4, -0.2) is 16.9 Å². The molecule has 0 heterocycles. The number of hydrogen-bond acceptors (Lipinski definition) is 1. The van der Waals surface area contributed by atoms with E-state index in [-0.39, 0.29) is 18.8 Å². The van der Waals surface area contributed by atoms with Crippen molar-refractivity contribution in [3.63, 3.8) is 0 Å². The minimum atomic E-state index is -4.45. The first-order valence-corrected chi connectivity index (χ1v) is 4.68. The lowest BCUT2D eigenvalue weighted by Gasteiger charge is -2.25. The zero-order chi connectivity index (χ0) is 10.1. The molecule has 2 unspecified atom stereocenters. The third kappa shape index (κ3) is 2.16. The zero-order valence-electron chi connectivity index (χ0n) is 7.69. The van der Waals surface area contributed by atoms with E-state index in [1.165, 1.54) is 0 Å². The molecule has 0 spiro atoms. The van der Waals surface area contributed by atoms with Gasteiger partial charge in [-0.3, -0.25) is 0 Å². The Bertz CT molecular complexity index is 178. The molecule has 1 rings (SSSR count). The highest BCUT2D eigenvalue weighted by atomic mass is 19.4. The topological polar surface area (TPSA) is 20.2 Å². The van der Waals surface area contributed by atoms with Crippen LogP contribution in [0.5, 0.6) is 0 Å². The molecule has 0 radical (unpaired) electrons. The molecule has 1 aliphatic rings. The molecule has 2 atom stereocenters. The minimum Gasteiger partial charge on any atom is -0.380 e. The average molecular weight is 196 g/mol. The molecular weight excluding hydrogens is 181 g/mol. The highest BCUT2D eigenvalue weighted by molar-refractivity contribution is 4.94. The summed E-state index contributed by atoms with van der Waals surface area (Å²) in [6, 6.07) is 0. The van der Waals surface area contributed by atoms with E-state index in [2.05, 4.69) is 0 Å². The van der Waals surface area contributed by atoms with Crippen LogP contribution in [0.25, 0.3) is 0 Å². The Morgan fingerprint density at radius 2 is 2.08 bits per heavy atom. The summed E-state index contributed by atoms with van der Waals surface area (Å²) in [5.41, 5.74) is -2.40. The standard InChI is InChI=1S/C9H15F3O/c1-2-3-7-4-5-8(13,6-7)9(10,11)12/h7,13H,2-6H2,1H3. The zero-order valence-corrected chi connectivity index (χ0v) is 7.69. The average Bonchev–Trinajstić information content (AvgIpc) is 2.32. The van der Waals surface area contributed by atoms with Gasteiger partial charge < -0.3 is 5.11 Å². The molecule has 0 bridgehead atoms. The minimum absolute atomic E-state index is 0.0524. The number of aliphatic hydroxyl groups is 1. The summed E-state index contributed by atoms with van der Waals surface area (Å²) in [5, 5.41) is 9.30. The van der Waals surface area contributed by atoms with Gasteiger partial charge in [0.15, 0.2) is 5.60 Å². The largest absolute Gasteiger partial charge is 0.417 e. The number of halogens is 3. The van der Waals surface area contributed by atoms with Crippen molar-refractivity contribution >= 4 is 0 Å². The van der Waals surface area contributed by atoms with E-state index in [1.54, 1.807) is 0 Å². The fraction of sp³-hybridized carbons (Fsp3) is 1.00. The first kappa shape index (κ1) is 10.8. The van der Waals surface area contributed by atoms with E-state index >= 15 is 0 Å². The van der Waals surface area contributed by atoms with Gasteiger partial charge in [0.05, 0.1) is 0 Å². The second-order valence-corrected chi connectivity index (χ2v) is 3.93. The van der Waals surface area contributed by atoms with Crippen LogP contribution in [-0.2, 0) is 0 Å². The summed E-state index contributed by atoms with van der Waals surface area (Å²) < 4.78 is 36.9. The van der Waals surface area contributed by atoms with Gasteiger partial charge in [0, 0.05) is 0 Å². The number of alkyl halides is 3. The van der Waals surface area contributed by atoms with Crippen molar-refractivity contribution in [3.8, 4) is 0 Å². The second-order valence-electron chi connectivity index (χ2n) is 3.93. The van der Waals surface area contributed by atoms with Crippen LogP contribution in [0.3, 0.4) is 0 Å². The van der Waals surface area contributed by atoms with Gasteiger partial charge in [0.1, 0.15) is 0 Å². The van der Waals surface area contributed by atoms with Crippen molar-refractivity contribution in [2.75, 3.05) is 0 Å². The maximum absolute atomic E-state index is 12.3. The maximum Gasteiger partial charge on any atom is 0.417 e. The molecule has 1 aliphatic carbocycles. The SMILES string of the molecule is CCCC1CCC(O)(C(F)(F)F)C1. The smallest absolute Gasteiger partial charge is 0.380 e. The van der Waals surface area contributed by atoms with Crippen LogP contribution in [0.4, 0.5) is 13.2 Å². The van der Waals surface area contributed by atoms with Crippen LogP contribution in [0.1, 0.15) is 39.0 Å². The van der Waals surface area contributed by atoms with E-state index in [0.29, 0.717) is 6.42 Å². The lowest BCUT2D eigenvalue weighted by Crippen LogP contribution is -2.42. The predicted octanol–water partition coefficient (Wildman–Crippen LogP) is 2.88. The monoisotopic (exact) mass is 196 g/mol. The fourth-order valence-electron chi connectivity index (χ4n) is 2.04. The molecule has 13 heavy (non-hydrogen) atoms. The van der Waals surface area contributed by atoms with Crippen LogP contribution < -0.4 is 0 Å². The summed E-state index contributed by atoms with van der Waals surface area (Å²) in [5.74, 6) is 0.0524. The Morgan fingerprint density at radius 3 is 2.46 bits per heavy atom. The lowest BCUT2D eigenvalue weighted by atomic mass is 9.97. The van der Waals surface area contributed by atoms with Gasteiger partial charge in [0.2, 0.25) is 0 Å². The second kappa shape index (κ2) is 3.48. The molecule has 0 aromatic heterocycles. The van der Waals surface area contributed by atoms with Crippen LogP contribution in [0.2, 0.25) is 0 Å². The molecule has 4 heteroatoms. The summed E-state index contributed by atoms with van der Waals surface area (Å²) >= 11 is 0. The summed E-state index contributed by atoms with van der Waals surface area (Å²) in [4.78, 5) is 0. The van der Waals surface area contributed by atoms with Crippen molar-refractivity contribution in [1.82, 2.24) is 0 Å². The Balaban J connectivity index is 2.56. The molecular formula is C9H15F3O. The Morgan fingerprint density at radius 1 is 1.46 bits per heavy atom. The summed E-state index contributed by atoms with van der Waals surface area (Å²) in [6.45, 7) is 1.95. The predicted molar refractivity (Wildman–Crippen MR) is 43.3 cm³/mol. The van der Waals surface area contributed by atoms with Crippen molar-refractivity contribution < 1.29 is 18.3 Å². The molecule has 0 aromatic carbocycles. The molecule has 1 nitrogen and oxygen atoms in total. The highest BCUT2D eigenvalue weighted by Crippen LogP contribution is 2.46. The fourth-order valence-corrected chi connectivity index (χ4v) is 2.04. The first-order valence-electron chi connectivity index (χ1n) is 4.68. The van der Waals surface area contributed by atoms with E-state index < -0.39 is 11.8 Å². The van der Waals surface area contributed by atoms with Crippen LogP contribution in [0.15, 0.2) is 0 Å². The van der Waals surface area contributed by atoms with Crippen LogP contribution in [0, 0.1) is 5.92 Å². The van der Waals surface area contributed by atoms with Crippen molar-refractivity contribution in [1.29, 1.82) is 0 Å². The summed E-state index contributed by atoms with van der Waals surface area (Å²) in [6.07, 6.45) is -2.50. The van der Waals surface area contributed by atoms with Gasteiger partial charge in [-0.2, -0.15) is 13.2 Å². The normalized spacial score (nSPS) is 35.3. The Hall–Kier alpha value is -0.250. The molecule has 1 fully saturated rings. The third-order valence-electron chi connectivity index (χ3n) is 2.82. The van der Waals surface area contributed by atoms with Gasteiger partial charge in [-0.05, 0) is 25.2 Å². The highest BCUT2D eigenvalue weighted by Gasteiger charge is 2.56. The van der Waals surface area contributed by atoms with Gasteiger partial charge in [-0.15, -0.1) is 0 Å². The molecule has 78 valence electrons. The van der Waals surface area contributed by atoms with Gasteiger partial charge in [-0.1, -0.05) is 19.8 Å². The van der Waals surface area contributed by atoms with Crippen molar-refractivity contribution in [3.05, 3.63) is 0 Å². The molecule has 1 saturated carbocycles. The van der Waals surface area contributed by atoms with E-state index in [0.717, 1.165) is 12.8 Å². The molecule has 1 N–H and O–H groups in total.